The lowest BCUT2D eigenvalue weighted by molar-refractivity contribution is -0.119. The number of anilines is 1. The highest BCUT2D eigenvalue weighted by Gasteiger charge is 2.44. The van der Waals surface area contributed by atoms with Crippen molar-refractivity contribution in [2.75, 3.05) is 11.9 Å². The van der Waals surface area contributed by atoms with Crippen LogP contribution in [0.5, 0.6) is 0 Å². The van der Waals surface area contributed by atoms with Gasteiger partial charge in [-0.1, -0.05) is 12.1 Å². The first-order valence-electron chi connectivity index (χ1n) is 9.89. The Labute approximate surface area is 187 Å². The molecule has 2 N–H and O–H groups in total. The standard InChI is InChI=1S/C22H18FN3O4S2/c23-14-4-6-16(7-5-14)32(29,30)25-15-11-19-21(27)24-18-8-3-13(20-2-1-9-31-20)10-17(18)22(28)26(19)12-15/h1-10,15,19,25H,11-12H2,(H,24,27). The van der Waals surface area contributed by atoms with E-state index in [0.717, 1.165) is 22.6 Å². The van der Waals surface area contributed by atoms with Gasteiger partial charge in [-0.25, -0.2) is 17.5 Å². The third-order valence-electron chi connectivity index (χ3n) is 5.62. The molecular weight excluding hydrogens is 453 g/mol. The molecule has 10 heteroatoms. The SMILES string of the molecule is O=C1Nc2ccc(-c3cccs3)cc2C(=O)N2CC(NS(=O)(=O)c3ccc(F)cc3)CC12. The molecule has 164 valence electrons. The Bertz CT molecular complexity index is 1310. The van der Waals surface area contributed by atoms with E-state index in [4.69, 9.17) is 0 Å². The molecule has 1 saturated heterocycles. The first-order valence-corrected chi connectivity index (χ1v) is 12.3. The average Bonchev–Trinajstić information content (AvgIpc) is 3.42. The van der Waals surface area contributed by atoms with Gasteiger partial charge in [0.2, 0.25) is 15.9 Å². The Hall–Kier alpha value is -3.08. The zero-order chi connectivity index (χ0) is 22.5. The van der Waals surface area contributed by atoms with Gasteiger partial charge in [-0.15, -0.1) is 11.3 Å². The summed E-state index contributed by atoms with van der Waals surface area (Å²) in [6, 6.07) is 12.2. The minimum Gasteiger partial charge on any atom is -0.325 e. The Morgan fingerprint density at radius 2 is 1.88 bits per heavy atom. The van der Waals surface area contributed by atoms with Crippen molar-refractivity contribution in [3.05, 3.63) is 71.4 Å². The minimum absolute atomic E-state index is 0.0556. The molecule has 3 aromatic rings. The summed E-state index contributed by atoms with van der Waals surface area (Å²) in [6.07, 6.45) is 0.143. The molecule has 2 aliphatic rings. The summed E-state index contributed by atoms with van der Waals surface area (Å²) in [6.45, 7) is 0.0556. The number of benzene rings is 2. The lowest BCUT2D eigenvalue weighted by atomic mass is 10.1. The second-order valence-corrected chi connectivity index (χ2v) is 10.4. The number of nitrogens with one attached hydrogen (secondary N) is 2. The van der Waals surface area contributed by atoms with Crippen molar-refractivity contribution in [1.29, 1.82) is 0 Å². The normalized spacial score (nSPS) is 20.5. The molecule has 0 radical (unpaired) electrons. The topological polar surface area (TPSA) is 95.6 Å². The molecule has 2 aromatic carbocycles. The quantitative estimate of drug-likeness (QED) is 0.611. The molecule has 0 bridgehead atoms. The number of hydrogen-bond donors (Lipinski definition) is 2. The third kappa shape index (κ3) is 3.70. The number of fused-ring (bicyclic) bond motifs is 2. The lowest BCUT2D eigenvalue weighted by Gasteiger charge is -2.20. The highest BCUT2D eigenvalue weighted by Crippen LogP contribution is 2.33. The van der Waals surface area contributed by atoms with Gasteiger partial charge in [0.05, 0.1) is 16.1 Å². The molecule has 3 heterocycles. The fourth-order valence-corrected chi connectivity index (χ4v) is 6.06. The van der Waals surface area contributed by atoms with Gasteiger partial charge in [0.15, 0.2) is 0 Å². The first-order chi connectivity index (χ1) is 15.3. The van der Waals surface area contributed by atoms with Crippen LogP contribution in [0.3, 0.4) is 0 Å². The predicted octanol–water partition coefficient (Wildman–Crippen LogP) is 3.07. The van der Waals surface area contributed by atoms with Crippen LogP contribution in [0, 0.1) is 5.82 Å². The summed E-state index contributed by atoms with van der Waals surface area (Å²) < 4.78 is 41.0. The summed E-state index contributed by atoms with van der Waals surface area (Å²) in [5.74, 6) is -1.23. The summed E-state index contributed by atoms with van der Waals surface area (Å²) in [4.78, 5) is 28.5. The van der Waals surface area contributed by atoms with Gasteiger partial charge in [-0.2, -0.15) is 0 Å². The van der Waals surface area contributed by atoms with E-state index in [1.54, 1.807) is 23.5 Å². The maximum Gasteiger partial charge on any atom is 0.256 e. The summed E-state index contributed by atoms with van der Waals surface area (Å²) in [7, 11) is -3.93. The van der Waals surface area contributed by atoms with Crippen LogP contribution in [0.2, 0.25) is 0 Å². The van der Waals surface area contributed by atoms with E-state index in [1.165, 1.54) is 17.0 Å². The van der Waals surface area contributed by atoms with Crippen LogP contribution in [0.25, 0.3) is 10.4 Å². The number of rotatable bonds is 4. The molecule has 1 aromatic heterocycles. The van der Waals surface area contributed by atoms with Crippen LogP contribution in [-0.4, -0.2) is 43.8 Å². The van der Waals surface area contributed by atoms with Gasteiger partial charge in [0.1, 0.15) is 11.9 Å². The van der Waals surface area contributed by atoms with Gasteiger partial charge in [0.25, 0.3) is 5.91 Å². The van der Waals surface area contributed by atoms with Gasteiger partial charge in [-0.05, 0) is 59.8 Å². The molecule has 5 rings (SSSR count). The molecule has 7 nitrogen and oxygen atoms in total. The number of halogens is 1. The van der Waals surface area contributed by atoms with Crippen molar-refractivity contribution in [1.82, 2.24) is 9.62 Å². The van der Waals surface area contributed by atoms with Crippen LogP contribution < -0.4 is 10.0 Å². The Morgan fingerprint density at radius 3 is 2.59 bits per heavy atom. The summed E-state index contributed by atoms with van der Waals surface area (Å²) in [5, 5.41) is 4.74. The fraction of sp³-hybridized carbons (Fsp3) is 0.182. The maximum atomic E-state index is 13.3. The van der Waals surface area contributed by atoms with E-state index in [-0.39, 0.29) is 29.7 Å². The smallest absolute Gasteiger partial charge is 0.256 e. The van der Waals surface area contributed by atoms with Crippen LogP contribution in [0.15, 0.2) is 64.9 Å². The van der Waals surface area contributed by atoms with Crippen molar-refractivity contribution < 1.29 is 22.4 Å². The first kappa shape index (κ1) is 20.8. The molecule has 0 saturated carbocycles. The number of nitrogens with zero attached hydrogens (tertiary/aromatic N) is 1. The molecule has 1 fully saturated rings. The molecule has 32 heavy (non-hydrogen) atoms. The van der Waals surface area contributed by atoms with Crippen LogP contribution in [-0.2, 0) is 14.8 Å². The minimum atomic E-state index is -3.93. The number of carbonyl (C=O) groups is 2. The molecule has 2 amide bonds. The number of thiophene rings is 1. The monoisotopic (exact) mass is 471 g/mol. The predicted molar refractivity (Wildman–Crippen MR) is 118 cm³/mol. The van der Waals surface area contributed by atoms with Crippen molar-refractivity contribution >= 4 is 38.9 Å². The van der Waals surface area contributed by atoms with Gasteiger partial charge in [-0.3, -0.25) is 9.59 Å². The zero-order valence-corrected chi connectivity index (χ0v) is 18.3. The lowest BCUT2D eigenvalue weighted by Crippen LogP contribution is -2.41. The number of sulfonamides is 1. The zero-order valence-electron chi connectivity index (χ0n) is 16.6. The highest BCUT2D eigenvalue weighted by atomic mass is 32.2. The second kappa shape index (κ2) is 7.80. The van der Waals surface area contributed by atoms with E-state index in [0.29, 0.717) is 11.3 Å². The fourth-order valence-electron chi connectivity index (χ4n) is 4.09. The van der Waals surface area contributed by atoms with E-state index in [1.807, 2.05) is 23.6 Å². The van der Waals surface area contributed by atoms with Gasteiger partial charge < -0.3 is 10.2 Å². The molecule has 0 spiro atoms. The highest BCUT2D eigenvalue weighted by molar-refractivity contribution is 7.89. The van der Waals surface area contributed by atoms with Gasteiger partial charge >= 0.3 is 0 Å². The molecular formula is C22H18FN3O4S2. The Morgan fingerprint density at radius 1 is 1.09 bits per heavy atom. The second-order valence-electron chi connectivity index (χ2n) is 7.71. The average molecular weight is 472 g/mol. The molecule has 2 unspecified atom stereocenters. The van der Waals surface area contributed by atoms with Crippen molar-refractivity contribution in [3.63, 3.8) is 0 Å². The number of amides is 2. The van der Waals surface area contributed by atoms with Gasteiger partial charge in [0, 0.05) is 17.5 Å². The number of hydrogen-bond acceptors (Lipinski definition) is 5. The van der Waals surface area contributed by atoms with E-state index < -0.39 is 27.9 Å². The van der Waals surface area contributed by atoms with Crippen molar-refractivity contribution in [3.8, 4) is 10.4 Å². The maximum absolute atomic E-state index is 13.3. The van der Waals surface area contributed by atoms with Crippen LogP contribution in [0.1, 0.15) is 16.8 Å². The van der Waals surface area contributed by atoms with Crippen molar-refractivity contribution in [2.24, 2.45) is 0 Å². The Kier molecular flexibility index (Phi) is 5.07. The number of carbonyl (C=O) groups excluding carboxylic acids is 2. The largest absolute Gasteiger partial charge is 0.325 e. The van der Waals surface area contributed by atoms with Crippen LogP contribution >= 0.6 is 11.3 Å². The third-order valence-corrected chi connectivity index (χ3v) is 8.08. The van der Waals surface area contributed by atoms with E-state index in [9.17, 15) is 22.4 Å². The Balaban J connectivity index is 1.41. The molecule has 0 aliphatic carbocycles. The molecule has 2 atom stereocenters. The molecule has 2 aliphatic heterocycles. The van der Waals surface area contributed by atoms with E-state index >= 15 is 0 Å². The van der Waals surface area contributed by atoms with Crippen molar-refractivity contribution in [2.45, 2.75) is 23.4 Å². The van der Waals surface area contributed by atoms with E-state index in [2.05, 4.69) is 10.0 Å². The summed E-state index contributed by atoms with van der Waals surface area (Å²) in [5.41, 5.74) is 1.68. The summed E-state index contributed by atoms with van der Waals surface area (Å²) >= 11 is 1.55. The van der Waals surface area contributed by atoms with Crippen LogP contribution in [0.4, 0.5) is 10.1 Å².